The number of likely N-dealkylation sites (tertiary alicyclic amines) is 1. The lowest BCUT2D eigenvalue weighted by atomic mass is 10.0. The van der Waals surface area contributed by atoms with Crippen LogP contribution < -0.4 is 5.32 Å². The van der Waals surface area contributed by atoms with Gasteiger partial charge in [-0.2, -0.15) is 0 Å². The Hall–Kier alpha value is -2.59. The Labute approximate surface area is 166 Å². The minimum Gasteiger partial charge on any atom is -0.350 e. The molecular weight excluding hydrogens is 346 g/mol. The van der Waals surface area contributed by atoms with Gasteiger partial charge in [0.15, 0.2) is 0 Å². The Kier molecular flexibility index (Phi) is 4.98. The summed E-state index contributed by atoms with van der Waals surface area (Å²) in [5.41, 5.74) is 8.31. The Morgan fingerprint density at radius 3 is 2.54 bits per heavy atom. The van der Waals surface area contributed by atoms with Crippen molar-refractivity contribution in [2.75, 3.05) is 18.4 Å². The van der Waals surface area contributed by atoms with Crippen LogP contribution in [0.15, 0.2) is 30.3 Å². The van der Waals surface area contributed by atoms with Gasteiger partial charge in [-0.15, -0.1) is 0 Å². The first-order valence-corrected chi connectivity index (χ1v) is 10.1. The monoisotopic (exact) mass is 375 g/mol. The fourth-order valence-electron chi connectivity index (χ4n) is 4.43. The van der Waals surface area contributed by atoms with Crippen molar-refractivity contribution in [3.8, 4) is 0 Å². The van der Waals surface area contributed by atoms with Crippen molar-refractivity contribution in [1.82, 2.24) is 9.88 Å². The Balaban J connectivity index is 1.60. The van der Waals surface area contributed by atoms with E-state index in [9.17, 15) is 4.79 Å². The Bertz CT molecular complexity index is 1040. The Morgan fingerprint density at radius 1 is 1.04 bits per heavy atom. The lowest BCUT2D eigenvalue weighted by Crippen LogP contribution is -2.19. The molecule has 0 bridgehead atoms. The van der Waals surface area contributed by atoms with Crippen LogP contribution in [-0.4, -0.2) is 28.9 Å². The van der Waals surface area contributed by atoms with Crippen molar-refractivity contribution in [3.63, 3.8) is 0 Å². The lowest BCUT2D eigenvalue weighted by molar-refractivity contribution is 0.102. The van der Waals surface area contributed by atoms with Gasteiger partial charge in [-0.1, -0.05) is 18.2 Å². The summed E-state index contributed by atoms with van der Waals surface area (Å²) in [7, 11) is 0. The van der Waals surface area contributed by atoms with Crippen LogP contribution in [0.1, 0.15) is 51.1 Å². The summed E-state index contributed by atoms with van der Waals surface area (Å²) < 4.78 is 0. The molecule has 0 aliphatic carbocycles. The maximum absolute atomic E-state index is 13.1. The lowest BCUT2D eigenvalue weighted by Gasteiger charge is -2.16. The molecule has 0 unspecified atom stereocenters. The summed E-state index contributed by atoms with van der Waals surface area (Å²) in [6.07, 6.45) is 2.57. The maximum atomic E-state index is 13.1. The van der Waals surface area contributed by atoms with Gasteiger partial charge in [-0.25, -0.2) is 0 Å². The van der Waals surface area contributed by atoms with E-state index in [0.29, 0.717) is 5.69 Å². The molecule has 1 fully saturated rings. The van der Waals surface area contributed by atoms with Gasteiger partial charge in [0.05, 0.1) is 0 Å². The summed E-state index contributed by atoms with van der Waals surface area (Å²) in [4.78, 5) is 18.9. The van der Waals surface area contributed by atoms with Gasteiger partial charge in [-0.05, 0) is 93.6 Å². The number of amides is 1. The summed E-state index contributed by atoms with van der Waals surface area (Å²) in [5, 5.41) is 4.29. The third-order valence-electron chi connectivity index (χ3n) is 5.87. The van der Waals surface area contributed by atoms with Crippen LogP contribution in [0, 0.1) is 27.7 Å². The van der Waals surface area contributed by atoms with E-state index < -0.39 is 0 Å². The summed E-state index contributed by atoms with van der Waals surface area (Å²) in [5.74, 6) is -0.0767. The van der Waals surface area contributed by atoms with Gasteiger partial charge < -0.3 is 10.3 Å². The fourth-order valence-corrected chi connectivity index (χ4v) is 4.43. The molecule has 2 N–H and O–H groups in total. The van der Waals surface area contributed by atoms with Crippen LogP contribution in [0.4, 0.5) is 5.69 Å². The number of hydrogen-bond donors (Lipinski definition) is 2. The standard InChI is InChI=1S/C24H29N3O/c1-15-11-17(3)22-18(4)23(25-21(22)12-15)24(28)26-20-13-19(8-7-16(20)2)14-27-9-5-6-10-27/h7-8,11-13,25H,5-6,9-10,14H2,1-4H3,(H,26,28). The molecule has 1 aliphatic heterocycles. The largest absolute Gasteiger partial charge is 0.350 e. The van der Waals surface area contributed by atoms with Gasteiger partial charge in [0.2, 0.25) is 0 Å². The minimum atomic E-state index is -0.0767. The number of hydrogen-bond acceptors (Lipinski definition) is 2. The van der Waals surface area contributed by atoms with E-state index in [2.05, 4.69) is 59.4 Å². The number of aryl methyl sites for hydroxylation is 4. The topological polar surface area (TPSA) is 48.1 Å². The van der Waals surface area contributed by atoms with Gasteiger partial charge in [0, 0.05) is 23.1 Å². The molecule has 0 radical (unpaired) electrons. The number of aromatic amines is 1. The highest BCUT2D eigenvalue weighted by Gasteiger charge is 2.18. The fraction of sp³-hybridized carbons (Fsp3) is 0.375. The van der Waals surface area contributed by atoms with Crippen LogP contribution >= 0.6 is 0 Å². The van der Waals surface area contributed by atoms with Crippen molar-refractivity contribution >= 4 is 22.5 Å². The van der Waals surface area contributed by atoms with Crippen molar-refractivity contribution in [2.24, 2.45) is 0 Å². The number of carbonyl (C=O) groups excluding carboxylic acids is 1. The van der Waals surface area contributed by atoms with E-state index >= 15 is 0 Å². The number of carbonyl (C=O) groups is 1. The first kappa shape index (κ1) is 18.8. The summed E-state index contributed by atoms with van der Waals surface area (Å²) in [6, 6.07) is 10.7. The number of benzene rings is 2. The molecule has 4 nitrogen and oxygen atoms in total. The molecule has 28 heavy (non-hydrogen) atoms. The van der Waals surface area contributed by atoms with Crippen LogP contribution in [0.5, 0.6) is 0 Å². The normalized spacial score (nSPS) is 14.7. The number of aromatic nitrogens is 1. The van der Waals surface area contributed by atoms with Crippen LogP contribution in [0.3, 0.4) is 0 Å². The highest BCUT2D eigenvalue weighted by Crippen LogP contribution is 2.28. The second-order valence-electron chi connectivity index (χ2n) is 8.22. The first-order valence-electron chi connectivity index (χ1n) is 10.1. The zero-order chi connectivity index (χ0) is 19.8. The molecule has 4 rings (SSSR count). The molecule has 1 aromatic heterocycles. The number of fused-ring (bicyclic) bond motifs is 1. The van der Waals surface area contributed by atoms with Gasteiger partial charge in [0.25, 0.3) is 5.91 Å². The second-order valence-corrected chi connectivity index (χ2v) is 8.22. The van der Waals surface area contributed by atoms with E-state index in [1.54, 1.807) is 0 Å². The molecule has 2 aromatic carbocycles. The van der Waals surface area contributed by atoms with E-state index in [4.69, 9.17) is 0 Å². The molecule has 1 aliphatic rings. The molecule has 3 aromatic rings. The average Bonchev–Trinajstić information content (AvgIpc) is 3.25. The second kappa shape index (κ2) is 7.44. The molecule has 0 atom stereocenters. The average molecular weight is 376 g/mol. The van der Waals surface area contributed by atoms with Gasteiger partial charge >= 0.3 is 0 Å². The van der Waals surface area contributed by atoms with Crippen molar-refractivity contribution in [2.45, 2.75) is 47.1 Å². The van der Waals surface area contributed by atoms with E-state index in [0.717, 1.165) is 34.3 Å². The highest BCUT2D eigenvalue weighted by atomic mass is 16.1. The third kappa shape index (κ3) is 3.57. The summed E-state index contributed by atoms with van der Waals surface area (Å²) >= 11 is 0. The quantitative estimate of drug-likeness (QED) is 0.654. The molecule has 0 spiro atoms. The minimum absolute atomic E-state index is 0.0767. The molecule has 4 heteroatoms. The van der Waals surface area contributed by atoms with Gasteiger partial charge in [0.1, 0.15) is 5.69 Å². The van der Waals surface area contributed by atoms with Crippen molar-refractivity contribution in [1.29, 1.82) is 0 Å². The van der Waals surface area contributed by atoms with Crippen LogP contribution in [0.25, 0.3) is 10.9 Å². The Morgan fingerprint density at radius 2 is 1.79 bits per heavy atom. The van der Waals surface area contributed by atoms with Crippen molar-refractivity contribution in [3.05, 3.63) is 63.8 Å². The number of nitrogens with one attached hydrogen (secondary N) is 2. The maximum Gasteiger partial charge on any atom is 0.272 e. The zero-order valence-electron chi connectivity index (χ0n) is 17.3. The molecule has 146 valence electrons. The van der Waals surface area contributed by atoms with E-state index in [1.807, 2.05) is 13.8 Å². The highest BCUT2D eigenvalue weighted by molar-refractivity contribution is 6.08. The number of H-pyrrole nitrogens is 1. The first-order chi connectivity index (χ1) is 13.4. The molecule has 1 amide bonds. The predicted octanol–water partition coefficient (Wildman–Crippen LogP) is 5.25. The van der Waals surface area contributed by atoms with Crippen LogP contribution in [-0.2, 0) is 6.54 Å². The molecule has 1 saturated heterocycles. The number of nitrogens with zero attached hydrogens (tertiary/aromatic N) is 1. The zero-order valence-corrected chi connectivity index (χ0v) is 17.3. The van der Waals surface area contributed by atoms with Crippen LogP contribution in [0.2, 0.25) is 0 Å². The predicted molar refractivity (Wildman–Crippen MR) is 116 cm³/mol. The SMILES string of the molecule is Cc1cc(C)c2c(C)c(C(=O)Nc3cc(CN4CCCC4)ccc3C)[nH]c2c1. The smallest absolute Gasteiger partial charge is 0.272 e. The third-order valence-corrected chi connectivity index (χ3v) is 5.87. The molecular formula is C24H29N3O. The van der Waals surface area contributed by atoms with Gasteiger partial charge in [-0.3, -0.25) is 9.69 Å². The number of anilines is 1. The number of rotatable bonds is 4. The van der Waals surface area contributed by atoms with E-state index in [-0.39, 0.29) is 5.91 Å². The molecule has 0 saturated carbocycles. The van der Waals surface area contributed by atoms with E-state index in [1.165, 1.54) is 42.6 Å². The summed E-state index contributed by atoms with van der Waals surface area (Å²) in [6.45, 7) is 11.5. The van der Waals surface area contributed by atoms with Crippen molar-refractivity contribution < 1.29 is 4.79 Å². The molecule has 2 heterocycles.